The third kappa shape index (κ3) is 6.71. The maximum Gasteiger partial charge on any atom is 0.308 e. The molecule has 4 N–H and O–H groups in total. The highest BCUT2D eigenvalue weighted by atomic mass is 16.7. The van der Waals surface area contributed by atoms with E-state index in [2.05, 4.69) is 6.92 Å². The number of nitrogens with zero attached hydrogens (tertiary/aromatic N) is 2. The van der Waals surface area contributed by atoms with Crippen LogP contribution in [0, 0.1) is 11.3 Å². The van der Waals surface area contributed by atoms with Crippen molar-refractivity contribution in [3.8, 4) is 11.5 Å². The molecule has 3 aliphatic rings. The molecule has 2 fully saturated rings. The Kier molecular flexibility index (Phi) is 10.3. The van der Waals surface area contributed by atoms with Crippen LogP contribution in [0.4, 0.5) is 0 Å². The molecule has 3 aliphatic heterocycles. The molecule has 0 aliphatic carbocycles. The first-order chi connectivity index (χ1) is 19.2. The summed E-state index contributed by atoms with van der Waals surface area (Å²) in [5.74, 6) is -1.19. The number of carbonyl (C=O) groups excluding carboxylic acids is 1. The molecule has 0 unspecified atom stereocenters. The Morgan fingerprint density at radius 2 is 1.88 bits per heavy atom. The van der Waals surface area contributed by atoms with Gasteiger partial charge in [-0.2, -0.15) is 0 Å². The second kappa shape index (κ2) is 13.5. The van der Waals surface area contributed by atoms with Crippen LogP contribution in [-0.4, -0.2) is 97.0 Å². The molecular weight excluding hydrogens is 518 g/mol. The van der Waals surface area contributed by atoms with Gasteiger partial charge in [0, 0.05) is 42.6 Å². The predicted molar refractivity (Wildman–Crippen MR) is 147 cm³/mol. The van der Waals surface area contributed by atoms with Crippen molar-refractivity contribution in [3.05, 3.63) is 23.3 Å². The number of nitrogens with two attached hydrogens (primary N) is 1. The summed E-state index contributed by atoms with van der Waals surface area (Å²) in [6.07, 6.45) is 2.59. The van der Waals surface area contributed by atoms with Crippen molar-refractivity contribution in [2.75, 3.05) is 52.7 Å². The molecule has 11 heteroatoms. The summed E-state index contributed by atoms with van der Waals surface area (Å²) in [4.78, 5) is 30.4. The van der Waals surface area contributed by atoms with Crippen molar-refractivity contribution in [2.45, 2.75) is 71.3 Å². The number of carbonyl (C=O) groups is 2. The number of aliphatic carboxylic acids is 1. The van der Waals surface area contributed by atoms with Crippen molar-refractivity contribution < 1.29 is 38.7 Å². The number of rotatable bonds is 14. The molecule has 0 bridgehead atoms. The van der Waals surface area contributed by atoms with Gasteiger partial charge in [0.05, 0.1) is 32.3 Å². The van der Waals surface area contributed by atoms with Gasteiger partial charge in [0.2, 0.25) is 12.7 Å². The average molecular weight is 564 g/mol. The molecule has 2 saturated heterocycles. The Morgan fingerprint density at radius 3 is 2.52 bits per heavy atom. The topological polar surface area (TPSA) is 144 Å². The van der Waals surface area contributed by atoms with E-state index in [0.717, 1.165) is 18.4 Å². The van der Waals surface area contributed by atoms with Crippen molar-refractivity contribution >= 4 is 11.9 Å². The standard InChI is InChI=1S/C29H45N3O8/c1-4-5-8-31(9-6-7-30)24(34)16-32-15-21(19-12-20(17-33)26-23(13-19)39-18-40-26)25(27(35)36)22(32)14-29(2,3)28-37-10-11-38-28/h12-13,21-22,25,28,33H,4-11,14-18,30H2,1-3H3,(H,35,36)/t21-,22+,25-/m1/s1. The first kappa shape index (κ1) is 30.5. The number of ether oxygens (including phenoxy) is 4. The summed E-state index contributed by atoms with van der Waals surface area (Å²) in [6.45, 7) is 9.14. The molecule has 3 atom stereocenters. The minimum absolute atomic E-state index is 0.0235. The normalized spacial score (nSPS) is 23.2. The fourth-order valence-corrected chi connectivity index (χ4v) is 6.23. The molecule has 1 amide bonds. The third-order valence-electron chi connectivity index (χ3n) is 8.30. The van der Waals surface area contributed by atoms with Crippen LogP contribution in [0.1, 0.15) is 63.5 Å². The predicted octanol–water partition coefficient (Wildman–Crippen LogP) is 2.14. The maximum absolute atomic E-state index is 13.6. The number of carboxylic acids is 1. The Morgan fingerprint density at radius 1 is 1.15 bits per heavy atom. The Hall–Kier alpha value is -2.44. The summed E-state index contributed by atoms with van der Waals surface area (Å²) >= 11 is 0. The summed E-state index contributed by atoms with van der Waals surface area (Å²) in [5, 5.41) is 20.6. The number of amides is 1. The van der Waals surface area contributed by atoms with Crippen molar-refractivity contribution in [1.29, 1.82) is 0 Å². The number of benzene rings is 1. The molecule has 0 saturated carbocycles. The number of fused-ring (bicyclic) bond motifs is 1. The van der Waals surface area contributed by atoms with Gasteiger partial charge >= 0.3 is 5.97 Å². The molecule has 0 spiro atoms. The van der Waals surface area contributed by atoms with E-state index < -0.39 is 35.6 Å². The molecule has 1 aromatic rings. The molecule has 3 heterocycles. The fraction of sp³-hybridized carbons (Fsp3) is 0.724. The smallest absolute Gasteiger partial charge is 0.308 e. The van der Waals surface area contributed by atoms with Gasteiger partial charge in [0.15, 0.2) is 17.8 Å². The van der Waals surface area contributed by atoms with Gasteiger partial charge < -0.3 is 39.8 Å². The lowest BCUT2D eigenvalue weighted by Crippen LogP contribution is -2.47. The first-order valence-electron chi connectivity index (χ1n) is 14.4. The lowest BCUT2D eigenvalue weighted by Gasteiger charge is -2.37. The molecule has 1 aromatic carbocycles. The first-order valence-corrected chi connectivity index (χ1v) is 14.4. The lowest BCUT2D eigenvalue weighted by molar-refractivity contribution is -0.148. The number of unbranched alkanes of at least 4 members (excludes halogenated alkanes) is 1. The van der Waals surface area contributed by atoms with Crippen LogP contribution >= 0.6 is 0 Å². The van der Waals surface area contributed by atoms with Crippen LogP contribution in [0.15, 0.2) is 12.1 Å². The van der Waals surface area contributed by atoms with E-state index in [4.69, 9.17) is 24.7 Å². The van der Waals surface area contributed by atoms with Crippen LogP contribution in [0.2, 0.25) is 0 Å². The number of aliphatic hydroxyl groups is 1. The van der Waals surface area contributed by atoms with Crippen molar-refractivity contribution in [2.24, 2.45) is 17.1 Å². The Balaban J connectivity index is 1.67. The van der Waals surface area contributed by atoms with Crippen LogP contribution in [-0.2, 0) is 25.7 Å². The van der Waals surface area contributed by atoms with E-state index in [1.807, 2.05) is 29.7 Å². The van der Waals surface area contributed by atoms with Crippen molar-refractivity contribution in [3.63, 3.8) is 0 Å². The molecule has 224 valence electrons. The van der Waals surface area contributed by atoms with Crippen molar-refractivity contribution in [1.82, 2.24) is 9.80 Å². The second-order valence-electron chi connectivity index (χ2n) is 11.7. The molecule has 11 nitrogen and oxygen atoms in total. The number of likely N-dealkylation sites (tertiary alicyclic amines) is 1. The molecular formula is C29H45N3O8. The van der Waals surface area contributed by atoms with Gasteiger partial charge in [-0.15, -0.1) is 0 Å². The Bertz CT molecular complexity index is 1020. The minimum Gasteiger partial charge on any atom is -0.481 e. The van der Waals surface area contributed by atoms with E-state index in [9.17, 15) is 19.8 Å². The van der Waals surface area contributed by atoms with Gasteiger partial charge in [-0.05, 0) is 43.5 Å². The summed E-state index contributed by atoms with van der Waals surface area (Å²) in [7, 11) is 0. The fourth-order valence-electron chi connectivity index (χ4n) is 6.23. The average Bonchev–Trinajstić information content (AvgIpc) is 3.69. The maximum atomic E-state index is 13.6. The lowest BCUT2D eigenvalue weighted by atomic mass is 9.77. The molecule has 40 heavy (non-hydrogen) atoms. The number of aliphatic hydroxyl groups excluding tert-OH is 1. The van der Waals surface area contributed by atoms with E-state index >= 15 is 0 Å². The zero-order valence-corrected chi connectivity index (χ0v) is 24.0. The molecule has 0 radical (unpaired) electrons. The van der Waals surface area contributed by atoms with E-state index in [1.54, 1.807) is 6.07 Å². The van der Waals surface area contributed by atoms with E-state index in [1.165, 1.54) is 0 Å². The molecule has 0 aromatic heterocycles. The monoisotopic (exact) mass is 563 g/mol. The Labute approximate surface area is 236 Å². The van der Waals surface area contributed by atoms with Gasteiger partial charge in [-0.25, -0.2) is 0 Å². The minimum atomic E-state index is -0.928. The summed E-state index contributed by atoms with van der Waals surface area (Å²) < 4.78 is 22.8. The van der Waals surface area contributed by atoms with Crippen LogP contribution in [0.3, 0.4) is 0 Å². The number of hydrogen-bond donors (Lipinski definition) is 3. The highest BCUT2D eigenvalue weighted by molar-refractivity contribution is 5.79. The van der Waals surface area contributed by atoms with Gasteiger partial charge in [0.25, 0.3) is 0 Å². The number of carboxylic acid groups (broad SMARTS) is 1. The van der Waals surface area contributed by atoms with E-state index in [-0.39, 0.29) is 25.9 Å². The van der Waals surface area contributed by atoms with Crippen LogP contribution < -0.4 is 15.2 Å². The zero-order valence-electron chi connectivity index (χ0n) is 24.0. The van der Waals surface area contributed by atoms with Gasteiger partial charge in [0.1, 0.15) is 0 Å². The highest BCUT2D eigenvalue weighted by Crippen LogP contribution is 2.47. The zero-order chi connectivity index (χ0) is 28.9. The number of hydrogen-bond acceptors (Lipinski definition) is 9. The highest BCUT2D eigenvalue weighted by Gasteiger charge is 2.51. The summed E-state index contributed by atoms with van der Waals surface area (Å²) in [6, 6.07) is 3.17. The second-order valence-corrected chi connectivity index (χ2v) is 11.7. The SMILES string of the molecule is CCCCN(CCCN)C(=O)CN1C[C@H](c2cc(CO)c3c(c2)OCO3)[C@@H](C(=O)O)[C@@H]1CC(C)(C)C1OCCO1. The quantitative estimate of drug-likeness (QED) is 0.308. The van der Waals surface area contributed by atoms with Crippen LogP contribution in [0.25, 0.3) is 0 Å². The van der Waals surface area contributed by atoms with Gasteiger partial charge in [-0.1, -0.05) is 27.2 Å². The van der Waals surface area contributed by atoms with E-state index in [0.29, 0.717) is 69.3 Å². The van der Waals surface area contributed by atoms with Crippen LogP contribution in [0.5, 0.6) is 11.5 Å². The summed E-state index contributed by atoms with van der Waals surface area (Å²) in [5.41, 5.74) is 6.56. The third-order valence-corrected chi connectivity index (χ3v) is 8.30. The largest absolute Gasteiger partial charge is 0.481 e. The van der Waals surface area contributed by atoms with Gasteiger partial charge in [-0.3, -0.25) is 14.5 Å². The molecule has 4 rings (SSSR count).